The molecule has 1 aliphatic carbocycles. The van der Waals surface area contributed by atoms with Crippen molar-refractivity contribution in [3.63, 3.8) is 0 Å². The number of hydrogen-bond donors (Lipinski definition) is 2. The van der Waals surface area contributed by atoms with Crippen molar-refractivity contribution in [1.29, 1.82) is 0 Å². The molecule has 4 aromatic rings. The van der Waals surface area contributed by atoms with Crippen molar-refractivity contribution in [2.24, 2.45) is 0 Å². The third kappa shape index (κ3) is 1.67. The average Bonchev–Trinajstić information content (AvgIpc) is 3.12. The van der Waals surface area contributed by atoms with Gasteiger partial charge >= 0.3 is 0 Å². The van der Waals surface area contributed by atoms with Gasteiger partial charge in [0.2, 0.25) is 0 Å². The maximum Gasteiger partial charge on any atom is 0.0456 e. The van der Waals surface area contributed by atoms with Crippen LogP contribution in [0.15, 0.2) is 60.9 Å². The first kappa shape index (κ1) is 12.1. The van der Waals surface area contributed by atoms with Crippen LogP contribution in [-0.2, 0) is 0 Å². The van der Waals surface area contributed by atoms with Crippen LogP contribution in [0.2, 0.25) is 0 Å². The third-order valence-electron chi connectivity index (χ3n) is 5.26. The van der Waals surface area contributed by atoms with E-state index in [-0.39, 0.29) is 0 Å². The third-order valence-corrected chi connectivity index (χ3v) is 5.26. The van der Waals surface area contributed by atoms with Crippen molar-refractivity contribution < 1.29 is 0 Å². The number of aromatic amines is 2. The Labute approximate surface area is 129 Å². The van der Waals surface area contributed by atoms with Crippen molar-refractivity contribution in [2.45, 2.75) is 24.7 Å². The zero-order valence-corrected chi connectivity index (χ0v) is 12.3. The molecule has 0 amide bonds. The molecule has 108 valence electrons. The minimum absolute atomic E-state index is 0.690. The molecular formula is C20H18N2. The van der Waals surface area contributed by atoms with Crippen molar-refractivity contribution in [3.8, 4) is 0 Å². The number of aromatic nitrogens is 2. The predicted octanol–water partition coefficient (Wildman–Crippen LogP) is 5.31. The maximum absolute atomic E-state index is 3.41. The Morgan fingerprint density at radius 2 is 1.09 bits per heavy atom. The Kier molecular flexibility index (Phi) is 2.48. The fourth-order valence-corrected chi connectivity index (χ4v) is 3.99. The molecule has 1 saturated carbocycles. The minimum atomic E-state index is 0.690. The van der Waals surface area contributed by atoms with E-state index >= 15 is 0 Å². The number of benzene rings is 2. The van der Waals surface area contributed by atoms with E-state index in [9.17, 15) is 0 Å². The van der Waals surface area contributed by atoms with Crippen molar-refractivity contribution in [1.82, 2.24) is 9.97 Å². The van der Waals surface area contributed by atoms with Crippen LogP contribution in [0.25, 0.3) is 21.8 Å². The summed E-state index contributed by atoms with van der Waals surface area (Å²) >= 11 is 0. The number of nitrogens with one attached hydrogen (secondary N) is 2. The Hall–Kier alpha value is -2.48. The molecule has 2 heterocycles. The second-order valence-electron chi connectivity index (χ2n) is 6.44. The molecule has 2 N–H and O–H groups in total. The van der Waals surface area contributed by atoms with E-state index in [1.807, 2.05) is 0 Å². The molecule has 2 nitrogen and oxygen atoms in total. The highest BCUT2D eigenvalue weighted by Gasteiger charge is 2.33. The van der Waals surface area contributed by atoms with Gasteiger partial charge in [0.15, 0.2) is 0 Å². The lowest BCUT2D eigenvalue weighted by Crippen LogP contribution is -2.19. The normalized spacial score (nSPS) is 21.3. The van der Waals surface area contributed by atoms with E-state index in [0.717, 1.165) is 0 Å². The van der Waals surface area contributed by atoms with E-state index in [4.69, 9.17) is 0 Å². The molecule has 0 atom stereocenters. The highest BCUT2D eigenvalue weighted by atomic mass is 14.7. The lowest BCUT2D eigenvalue weighted by Gasteiger charge is -2.35. The summed E-state index contributed by atoms with van der Waals surface area (Å²) in [6.45, 7) is 0. The van der Waals surface area contributed by atoms with Gasteiger partial charge in [-0.1, -0.05) is 36.4 Å². The van der Waals surface area contributed by atoms with Crippen LogP contribution in [0, 0.1) is 0 Å². The monoisotopic (exact) mass is 286 g/mol. The van der Waals surface area contributed by atoms with Crippen LogP contribution in [0.3, 0.4) is 0 Å². The lowest BCUT2D eigenvalue weighted by atomic mass is 9.68. The molecule has 5 rings (SSSR count). The Morgan fingerprint density at radius 3 is 1.59 bits per heavy atom. The molecule has 2 aromatic heterocycles. The second-order valence-corrected chi connectivity index (χ2v) is 6.44. The zero-order chi connectivity index (χ0) is 14.5. The Balaban J connectivity index is 1.44. The van der Waals surface area contributed by atoms with Gasteiger partial charge in [-0.3, -0.25) is 0 Å². The van der Waals surface area contributed by atoms with Crippen LogP contribution in [-0.4, -0.2) is 9.97 Å². The number of hydrogen-bond acceptors (Lipinski definition) is 0. The Morgan fingerprint density at radius 1 is 0.636 bits per heavy atom. The molecule has 2 aromatic carbocycles. The van der Waals surface area contributed by atoms with Crippen molar-refractivity contribution in [3.05, 3.63) is 72.1 Å². The summed E-state index contributed by atoms with van der Waals surface area (Å²) in [4.78, 5) is 6.82. The summed E-state index contributed by atoms with van der Waals surface area (Å²) in [6.07, 6.45) is 6.93. The number of fused-ring (bicyclic) bond motifs is 2. The minimum Gasteiger partial charge on any atom is -0.361 e. The van der Waals surface area contributed by atoms with Gasteiger partial charge in [-0.2, -0.15) is 0 Å². The first-order valence-corrected chi connectivity index (χ1v) is 8.02. The summed E-state index contributed by atoms with van der Waals surface area (Å²) in [6, 6.07) is 17.3. The van der Waals surface area contributed by atoms with Crippen molar-refractivity contribution in [2.75, 3.05) is 0 Å². The smallest absolute Gasteiger partial charge is 0.0456 e. The summed E-state index contributed by atoms with van der Waals surface area (Å²) in [7, 11) is 0. The van der Waals surface area contributed by atoms with Gasteiger partial charge in [-0.05, 0) is 47.9 Å². The molecule has 0 bridgehead atoms. The molecule has 22 heavy (non-hydrogen) atoms. The van der Waals surface area contributed by atoms with Crippen LogP contribution < -0.4 is 0 Å². The molecule has 0 saturated heterocycles. The topological polar surface area (TPSA) is 31.6 Å². The number of para-hydroxylation sites is 2. The van der Waals surface area contributed by atoms with Gasteiger partial charge < -0.3 is 9.97 Å². The van der Waals surface area contributed by atoms with E-state index in [1.165, 1.54) is 45.8 Å². The van der Waals surface area contributed by atoms with E-state index in [2.05, 4.69) is 70.9 Å². The van der Waals surface area contributed by atoms with Crippen LogP contribution in [0.4, 0.5) is 0 Å². The SMILES string of the molecule is c1ccc2c(C3CC(c4c[nH]c5ccccc45)C3)c[nH]c2c1. The molecule has 0 radical (unpaired) electrons. The molecule has 0 unspecified atom stereocenters. The van der Waals surface area contributed by atoms with Crippen LogP contribution in [0.5, 0.6) is 0 Å². The highest BCUT2D eigenvalue weighted by Crippen LogP contribution is 2.50. The largest absolute Gasteiger partial charge is 0.361 e. The molecule has 0 aliphatic heterocycles. The first-order valence-electron chi connectivity index (χ1n) is 8.02. The van der Waals surface area contributed by atoms with Crippen LogP contribution >= 0.6 is 0 Å². The fourth-order valence-electron chi connectivity index (χ4n) is 3.99. The summed E-state index contributed by atoms with van der Waals surface area (Å²) in [5, 5.41) is 2.79. The van der Waals surface area contributed by atoms with Crippen molar-refractivity contribution >= 4 is 21.8 Å². The molecule has 1 fully saturated rings. The Bertz CT molecular complexity index is 876. The zero-order valence-electron chi connectivity index (χ0n) is 12.3. The molecule has 2 heteroatoms. The van der Waals surface area contributed by atoms with E-state index in [1.54, 1.807) is 0 Å². The fraction of sp³-hybridized carbons (Fsp3) is 0.200. The van der Waals surface area contributed by atoms with Gasteiger partial charge in [0.05, 0.1) is 0 Å². The summed E-state index contributed by atoms with van der Waals surface area (Å²) in [5.74, 6) is 1.38. The average molecular weight is 286 g/mol. The highest BCUT2D eigenvalue weighted by molar-refractivity contribution is 5.85. The maximum atomic E-state index is 3.41. The number of H-pyrrole nitrogens is 2. The van der Waals surface area contributed by atoms with E-state index in [0.29, 0.717) is 11.8 Å². The van der Waals surface area contributed by atoms with Gasteiger partial charge in [0.25, 0.3) is 0 Å². The summed E-state index contributed by atoms with van der Waals surface area (Å²) < 4.78 is 0. The van der Waals surface area contributed by atoms with Gasteiger partial charge in [0.1, 0.15) is 0 Å². The van der Waals surface area contributed by atoms with E-state index < -0.39 is 0 Å². The van der Waals surface area contributed by atoms with Gasteiger partial charge in [-0.25, -0.2) is 0 Å². The summed E-state index contributed by atoms with van der Waals surface area (Å²) in [5.41, 5.74) is 5.50. The van der Waals surface area contributed by atoms with Gasteiger partial charge in [-0.15, -0.1) is 0 Å². The number of rotatable bonds is 2. The first-order chi connectivity index (χ1) is 10.9. The molecule has 1 aliphatic rings. The van der Waals surface area contributed by atoms with Gasteiger partial charge in [0, 0.05) is 34.2 Å². The quantitative estimate of drug-likeness (QED) is 0.500. The van der Waals surface area contributed by atoms with Crippen LogP contribution in [0.1, 0.15) is 35.8 Å². The standard InChI is InChI=1S/C20H18N2/c1-3-7-19-15(5-1)17(11-21-19)13-9-14(10-13)18-12-22-20-8-4-2-6-16(18)20/h1-8,11-14,21-22H,9-10H2. The second kappa shape index (κ2) is 4.51. The molecule has 0 spiro atoms. The predicted molar refractivity (Wildman–Crippen MR) is 91.3 cm³/mol. The lowest BCUT2D eigenvalue weighted by molar-refractivity contribution is 0.355. The molecular weight excluding hydrogens is 268 g/mol.